The van der Waals surface area contributed by atoms with Crippen molar-refractivity contribution in [2.24, 2.45) is 0 Å². The van der Waals surface area contributed by atoms with Gasteiger partial charge in [0, 0.05) is 24.0 Å². The van der Waals surface area contributed by atoms with Crippen LogP contribution in [0.4, 0.5) is 0 Å². The van der Waals surface area contributed by atoms with Crippen molar-refractivity contribution in [2.45, 2.75) is 15.3 Å². The van der Waals surface area contributed by atoms with Crippen molar-refractivity contribution in [3.63, 3.8) is 0 Å². The van der Waals surface area contributed by atoms with Crippen molar-refractivity contribution in [3.8, 4) is 0 Å². The number of sulfonamides is 1. The van der Waals surface area contributed by atoms with Gasteiger partial charge in [0.25, 0.3) is 0 Å². The summed E-state index contributed by atoms with van der Waals surface area (Å²) < 4.78 is 27.7. The Balaban J connectivity index is 1.78. The summed E-state index contributed by atoms with van der Waals surface area (Å²) in [5, 5.41) is 0.913. The molecule has 1 N–H and O–H groups in total. The van der Waals surface area contributed by atoms with E-state index in [1.165, 1.54) is 23.9 Å². The van der Waals surface area contributed by atoms with Crippen LogP contribution in [0.2, 0.25) is 5.02 Å². The van der Waals surface area contributed by atoms with Crippen LogP contribution >= 0.6 is 23.4 Å². The highest BCUT2D eigenvalue weighted by Crippen LogP contribution is 2.32. The van der Waals surface area contributed by atoms with E-state index >= 15 is 0 Å². The zero-order chi connectivity index (χ0) is 18.4. The summed E-state index contributed by atoms with van der Waals surface area (Å²) in [5.41, 5.74) is 0.990. The maximum atomic E-state index is 12.5. The Bertz CT molecular complexity index is 937. The molecule has 0 radical (unpaired) electrons. The van der Waals surface area contributed by atoms with Crippen molar-refractivity contribution in [2.75, 3.05) is 6.54 Å². The van der Waals surface area contributed by atoms with Crippen molar-refractivity contribution in [3.05, 3.63) is 83.6 Å². The molecule has 0 saturated heterocycles. The number of hydrogen-bond donors (Lipinski definition) is 1. The third-order valence-electron chi connectivity index (χ3n) is 3.54. The van der Waals surface area contributed by atoms with Crippen LogP contribution in [0.3, 0.4) is 0 Å². The lowest BCUT2D eigenvalue weighted by Gasteiger charge is -2.17. The maximum absolute atomic E-state index is 12.5. The van der Waals surface area contributed by atoms with E-state index in [9.17, 15) is 8.42 Å². The fourth-order valence-electron chi connectivity index (χ4n) is 2.25. The zero-order valence-corrected chi connectivity index (χ0v) is 16.0. The first-order valence-electron chi connectivity index (χ1n) is 7.78. The third kappa shape index (κ3) is 5.04. The zero-order valence-electron chi connectivity index (χ0n) is 13.6. The van der Waals surface area contributed by atoms with E-state index in [0.717, 1.165) is 5.56 Å². The lowest BCUT2D eigenvalue weighted by molar-refractivity contribution is 0.581. The van der Waals surface area contributed by atoms with Crippen LogP contribution in [0.25, 0.3) is 0 Å². The molecule has 0 fully saturated rings. The summed E-state index contributed by atoms with van der Waals surface area (Å²) in [7, 11) is -3.64. The molecule has 0 aliphatic heterocycles. The summed E-state index contributed by atoms with van der Waals surface area (Å²) >= 11 is 7.24. The Morgan fingerprint density at radius 3 is 2.27 bits per heavy atom. The average Bonchev–Trinajstić information content (AvgIpc) is 2.67. The van der Waals surface area contributed by atoms with Crippen LogP contribution in [0, 0.1) is 0 Å². The SMILES string of the molecule is O=S(=O)(NC[C@@H](Sc1ncccn1)c1ccccc1)c1ccc(Cl)cc1. The molecule has 0 aliphatic carbocycles. The molecule has 3 rings (SSSR count). The molecule has 5 nitrogen and oxygen atoms in total. The van der Waals surface area contributed by atoms with Crippen LogP contribution in [0.5, 0.6) is 0 Å². The minimum atomic E-state index is -3.64. The first-order chi connectivity index (χ1) is 12.5. The quantitative estimate of drug-likeness (QED) is 0.476. The van der Waals surface area contributed by atoms with Gasteiger partial charge in [0.15, 0.2) is 5.16 Å². The Hall–Kier alpha value is -1.93. The second-order valence-electron chi connectivity index (χ2n) is 5.35. The van der Waals surface area contributed by atoms with E-state index in [2.05, 4.69) is 14.7 Å². The predicted octanol–water partition coefficient (Wildman–Crippen LogP) is 3.94. The maximum Gasteiger partial charge on any atom is 0.240 e. The normalized spacial score (nSPS) is 12.7. The molecule has 8 heteroatoms. The molecule has 2 aromatic carbocycles. The topological polar surface area (TPSA) is 72.0 Å². The molecule has 1 aromatic heterocycles. The Kier molecular flexibility index (Phi) is 6.26. The van der Waals surface area contributed by atoms with Gasteiger partial charge in [0.05, 0.1) is 10.1 Å². The minimum absolute atomic E-state index is 0.166. The smallest absolute Gasteiger partial charge is 0.231 e. The fraction of sp³-hybridized carbons (Fsp3) is 0.111. The van der Waals surface area contributed by atoms with Gasteiger partial charge in [-0.3, -0.25) is 0 Å². The van der Waals surface area contributed by atoms with Crippen LogP contribution in [-0.2, 0) is 10.0 Å². The lowest BCUT2D eigenvalue weighted by atomic mass is 10.1. The molecule has 0 saturated carbocycles. The first kappa shape index (κ1) is 18.8. The molecule has 26 heavy (non-hydrogen) atoms. The Morgan fingerprint density at radius 2 is 1.62 bits per heavy atom. The Labute approximate surface area is 161 Å². The van der Waals surface area contributed by atoms with E-state index in [1.807, 2.05) is 30.3 Å². The second kappa shape index (κ2) is 8.64. The van der Waals surface area contributed by atoms with Gasteiger partial charge in [-0.1, -0.05) is 53.7 Å². The lowest BCUT2D eigenvalue weighted by Crippen LogP contribution is -2.27. The van der Waals surface area contributed by atoms with Crippen LogP contribution < -0.4 is 4.72 Å². The summed E-state index contributed by atoms with van der Waals surface area (Å²) in [6.45, 7) is 0.206. The number of nitrogens with zero attached hydrogens (tertiary/aromatic N) is 2. The van der Waals surface area contributed by atoms with Gasteiger partial charge in [0.1, 0.15) is 0 Å². The molecule has 3 aromatic rings. The second-order valence-corrected chi connectivity index (χ2v) is 8.73. The van der Waals surface area contributed by atoms with Gasteiger partial charge in [0.2, 0.25) is 10.0 Å². The van der Waals surface area contributed by atoms with Gasteiger partial charge < -0.3 is 0 Å². The largest absolute Gasteiger partial charge is 0.240 e. The van der Waals surface area contributed by atoms with E-state index in [1.54, 1.807) is 30.6 Å². The van der Waals surface area contributed by atoms with Gasteiger partial charge in [-0.2, -0.15) is 0 Å². The number of rotatable bonds is 7. The van der Waals surface area contributed by atoms with Gasteiger partial charge in [-0.05, 0) is 35.9 Å². The van der Waals surface area contributed by atoms with E-state index in [4.69, 9.17) is 11.6 Å². The summed E-state index contributed by atoms with van der Waals surface area (Å²) in [4.78, 5) is 8.61. The molecule has 0 spiro atoms. The molecule has 0 amide bonds. The molecule has 1 heterocycles. The predicted molar refractivity (Wildman–Crippen MR) is 104 cm³/mol. The average molecular weight is 406 g/mol. The fourth-order valence-corrected chi connectivity index (χ4v) is 4.49. The highest BCUT2D eigenvalue weighted by molar-refractivity contribution is 7.99. The van der Waals surface area contributed by atoms with Crippen LogP contribution in [-0.4, -0.2) is 24.9 Å². The van der Waals surface area contributed by atoms with Crippen molar-refractivity contribution >= 4 is 33.4 Å². The van der Waals surface area contributed by atoms with Crippen molar-refractivity contribution in [1.82, 2.24) is 14.7 Å². The number of benzene rings is 2. The number of hydrogen-bond acceptors (Lipinski definition) is 5. The summed E-state index contributed by atoms with van der Waals surface area (Å²) in [6.07, 6.45) is 3.32. The molecule has 0 aliphatic rings. The van der Waals surface area contributed by atoms with Crippen molar-refractivity contribution in [1.29, 1.82) is 0 Å². The number of aromatic nitrogens is 2. The first-order valence-corrected chi connectivity index (χ1v) is 10.5. The van der Waals surface area contributed by atoms with Gasteiger partial charge in [-0.15, -0.1) is 0 Å². The highest BCUT2D eigenvalue weighted by Gasteiger charge is 2.20. The molecular weight excluding hydrogens is 390 g/mol. The molecular formula is C18H16ClN3O2S2. The van der Waals surface area contributed by atoms with Crippen molar-refractivity contribution < 1.29 is 8.42 Å². The summed E-state index contributed by atoms with van der Waals surface area (Å²) in [6, 6.07) is 17.5. The van der Waals surface area contributed by atoms with Gasteiger partial charge >= 0.3 is 0 Å². The molecule has 134 valence electrons. The van der Waals surface area contributed by atoms with E-state index in [-0.39, 0.29) is 16.7 Å². The van der Waals surface area contributed by atoms with Crippen LogP contribution in [0.15, 0.2) is 83.1 Å². The molecule has 1 atom stereocenters. The molecule has 0 unspecified atom stereocenters. The van der Waals surface area contributed by atoms with E-state index in [0.29, 0.717) is 10.2 Å². The summed E-state index contributed by atoms with van der Waals surface area (Å²) in [5.74, 6) is 0. The van der Waals surface area contributed by atoms with Crippen LogP contribution in [0.1, 0.15) is 10.8 Å². The third-order valence-corrected chi connectivity index (χ3v) is 6.38. The standard InChI is InChI=1S/C18H16ClN3O2S2/c19-15-7-9-16(10-8-15)26(23,24)22-13-17(14-5-2-1-3-6-14)25-18-20-11-4-12-21-18/h1-12,17,22H,13H2/t17-/m1/s1. The van der Waals surface area contributed by atoms with E-state index < -0.39 is 10.0 Å². The van der Waals surface area contributed by atoms with Gasteiger partial charge in [-0.25, -0.2) is 23.1 Å². The number of nitrogens with one attached hydrogen (secondary N) is 1. The monoisotopic (exact) mass is 405 g/mol. The molecule has 0 bridgehead atoms. The number of thioether (sulfide) groups is 1. The Morgan fingerprint density at radius 1 is 0.962 bits per heavy atom. The minimum Gasteiger partial charge on any atom is -0.231 e. The number of halogens is 1. The highest BCUT2D eigenvalue weighted by atomic mass is 35.5.